The number of carboxylic acids is 1. The number of ether oxygens (including phenoxy) is 1. The molecule has 226 valence electrons. The van der Waals surface area contributed by atoms with E-state index in [0.717, 1.165) is 38.5 Å². The molecule has 1 atom stereocenters. The molecule has 0 aliphatic rings. The van der Waals surface area contributed by atoms with Gasteiger partial charge in [0.25, 0.3) is 0 Å². The van der Waals surface area contributed by atoms with Crippen LogP contribution in [0.1, 0.15) is 149 Å². The molecule has 0 heterocycles. The van der Waals surface area contributed by atoms with Crippen LogP contribution in [0, 0.1) is 0 Å². The fraction of sp³-hybridized carbons (Fsp3) is 0.931. The van der Waals surface area contributed by atoms with E-state index in [2.05, 4.69) is 13.8 Å². The summed E-state index contributed by atoms with van der Waals surface area (Å²) in [4.78, 5) is 23.8. The van der Waals surface area contributed by atoms with Crippen LogP contribution < -0.4 is 0 Å². The molecule has 0 spiro atoms. The highest BCUT2D eigenvalue weighted by Gasteiger charge is 2.35. The maximum absolute atomic E-state index is 12.6. The normalized spacial score (nSPS) is 12.6. The number of rotatable bonds is 28. The Morgan fingerprint density at radius 2 is 1.03 bits per heavy atom. The zero-order chi connectivity index (χ0) is 28.5. The third-order valence-electron chi connectivity index (χ3n) is 6.90. The number of carboxylic acid groups (broad SMARTS) is 1. The van der Waals surface area contributed by atoms with Crippen LogP contribution in [0.3, 0.4) is 0 Å². The van der Waals surface area contributed by atoms with Crippen LogP contribution >= 0.6 is 0 Å². The molecule has 0 aromatic carbocycles. The summed E-state index contributed by atoms with van der Waals surface area (Å²) in [6.45, 7) is 4.58. The van der Waals surface area contributed by atoms with Gasteiger partial charge in [-0.25, -0.2) is 0 Å². The van der Waals surface area contributed by atoms with Crippen molar-refractivity contribution in [3.63, 3.8) is 0 Å². The third kappa shape index (κ3) is 20.7. The molecule has 9 heteroatoms. The highest BCUT2D eigenvalue weighted by molar-refractivity contribution is 7.84. The summed E-state index contributed by atoms with van der Waals surface area (Å²) in [5.41, 5.74) is 0. The molecule has 0 unspecified atom stereocenters. The lowest BCUT2D eigenvalue weighted by molar-refractivity contribution is -0.152. The molecule has 0 aliphatic carbocycles. The minimum atomic E-state index is -4.25. The molecule has 0 rings (SSSR count). The number of carbonyl (C=O) groups is 2. The molecule has 0 saturated carbocycles. The van der Waals surface area contributed by atoms with Gasteiger partial charge in [0.05, 0.1) is 19.6 Å². The topological polar surface area (TPSA) is 110 Å². The van der Waals surface area contributed by atoms with Crippen LogP contribution in [-0.4, -0.2) is 56.1 Å². The number of hydrogen-bond acceptors (Lipinski definition) is 6. The zero-order valence-corrected chi connectivity index (χ0v) is 25.4. The summed E-state index contributed by atoms with van der Waals surface area (Å²) >= 11 is 0. The lowest BCUT2D eigenvalue weighted by atomic mass is 10.1. The highest BCUT2D eigenvalue weighted by Crippen LogP contribution is 2.15. The Morgan fingerprint density at radius 1 is 0.658 bits per heavy atom. The van der Waals surface area contributed by atoms with Gasteiger partial charge >= 0.3 is 22.2 Å². The van der Waals surface area contributed by atoms with Crippen LogP contribution in [0.4, 0.5) is 0 Å². The van der Waals surface area contributed by atoms with Gasteiger partial charge in [0.2, 0.25) is 0 Å². The first kappa shape index (κ1) is 36.8. The summed E-state index contributed by atoms with van der Waals surface area (Å²) in [5.74, 6) is -2.13. The van der Waals surface area contributed by atoms with E-state index in [1.807, 2.05) is 0 Å². The molecular formula is C29H57NO7S. The van der Waals surface area contributed by atoms with E-state index in [4.69, 9.17) is 8.92 Å². The molecule has 0 radical (unpaired) electrons. The van der Waals surface area contributed by atoms with Gasteiger partial charge < -0.3 is 9.84 Å². The number of unbranched alkanes of at least 4 members (excludes halogenated alkanes) is 18. The van der Waals surface area contributed by atoms with Crippen LogP contribution in [0.2, 0.25) is 0 Å². The predicted octanol–water partition coefficient (Wildman–Crippen LogP) is 7.41. The van der Waals surface area contributed by atoms with Gasteiger partial charge in [0, 0.05) is 7.05 Å². The third-order valence-corrected chi connectivity index (χ3v) is 8.33. The van der Waals surface area contributed by atoms with E-state index in [1.54, 1.807) is 0 Å². The average Bonchev–Trinajstić information content (AvgIpc) is 2.88. The van der Waals surface area contributed by atoms with E-state index in [9.17, 15) is 23.1 Å². The van der Waals surface area contributed by atoms with Crippen LogP contribution in [0.15, 0.2) is 0 Å². The molecule has 8 nitrogen and oxygen atoms in total. The summed E-state index contributed by atoms with van der Waals surface area (Å²) < 4.78 is 36.2. The Bertz CT molecular complexity index is 684. The van der Waals surface area contributed by atoms with Gasteiger partial charge in [-0.3, -0.25) is 13.8 Å². The van der Waals surface area contributed by atoms with E-state index < -0.39 is 34.7 Å². The second-order valence-electron chi connectivity index (χ2n) is 10.4. The van der Waals surface area contributed by atoms with E-state index in [-0.39, 0.29) is 13.2 Å². The first-order valence-corrected chi connectivity index (χ1v) is 16.6. The van der Waals surface area contributed by atoms with Gasteiger partial charge in [-0.05, 0) is 12.8 Å². The Hall–Kier alpha value is -1.19. The maximum atomic E-state index is 12.6. The van der Waals surface area contributed by atoms with Crippen molar-refractivity contribution in [2.24, 2.45) is 0 Å². The largest absolute Gasteiger partial charge is 0.481 e. The highest BCUT2D eigenvalue weighted by atomic mass is 32.2. The number of likely N-dealkylation sites (N-methyl/N-ethyl adjacent to an activating group) is 1. The lowest BCUT2D eigenvalue weighted by Gasteiger charge is -2.24. The van der Waals surface area contributed by atoms with Crippen molar-refractivity contribution >= 4 is 22.2 Å². The quantitative estimate of drug-likeness (QED) is 0.0779. The van der Waals surface area contributed by atoms with Gasteiger partial charge in [0.1, 0.15) is 6.04 Å². The summed E-state index contributed by atoms with van der Waals surface area (Å²) in [5, 5.41) is 9.21. The minimum Gasteiger partial charge on any atom is -0.481 e. The fourth-order valence-corrected chi connectivity index (χ4v) is 5.34. The average molecular weight is 564 g/mol. The Kier molecular flexibility index (Phi) is 24.0. The first-order valence-electron chi connectivity index (χ1n) is 15.3. The van der Waals surface area contributed by atoms with Crippen molar-refractivity contribution in [1.82, 2.24) is 4.31 Å². The zero-order valence-electron chi connectivity index (χ0n) is 24.6. The fourth-order valence-electron chi connectivity index (χ4n) is 4.38. The number of aliphatic carboxylic acids is 1. The monoisotopic (exact) mass is 563 g/mol. The molecule has 0 aromatic heterocycles. The smallest absolute Gasteiger partial charge is 0.338 e. The molecule has 0 aromatic rings. The maximum Gasteiger partial charge on any atom is 0.338 e. The van der Waals surface area contributed by atoms with Crippen LogP contribution in [0.25, 0.3) is 0 Å². The minimum absolute atomic E-state index is 0.0105. The molecule has 38 heavy (non-hydrogen) atoms. The molecule has 0 aliphatic heterocycles. The summed E-state index contributed by atoms with van der Waals surface area (Å²) in [6.07, 6.45) is 21.9. The van der Waals surface area contributed by atoms with E-state index >= 15 is 0 Å². The molecule has 0 bridgehead atoms. The standard InChI is InChI=1S/C29H57NO7S/c1-4-6-8-10-12-14-16-18-20-22-24-36-29(33)27(26-28(31)32)30(3)38(34,35)37-25-23-21-19-17-15-13-11-9-7-5-2/h27H,4-26H2,1-3H3,(H,31,32)/t27-/m0/s1. The van der Waals surface area contributed by atoms with Gasteiger partial charge in [-0.1, -0.05) is 129 Å². The van der Waals surface area contributed by atoms with Crippen molar-refractivity contribution in [3.05, 3.63) is 0 Å². The van der Waals surface area contributed by atoms with E-state index in [1.165, 1.54) is 84.1 Å². The molecule has 0 saturated heterocycles. The molecule has 0 fully saturated rings. The Balaban J connectivity index is 4.22. The van der Waals surface area contributed by atoms with Crippen molar-refractivity contribution in [2.75, 3.05) is 20.3 Å². The summed E-state index contributed by atoms with van der Waals surface area (Å²) in [7, 11) is -3.08. The van der Waals surface area contributed by atoms with Crippen LogP contribution in [0.5, 0.6) is 0 Å². The SMILES string of the molecule is CCCCCCCCCCCCOC(=O)[C@H](CC(=O)O)N(C)S(=O)(=O)OCCCCCCCCCCCC. The summed E-state index contributed by atoms with van der Waals surface area (Å²) in [6, 6.07) is -1.45. The van der Waals surface area contributed by atoms with Crippen molar-refractivity contribution in [3.8, 4) is 0 Å². The van der Waals surface area contributed by atoms with Crippen molar-refractivity contribution in [2.45, 2.75) is 155 Å². The van der Waals surface area contributed by atoms with Crippen LogP contribution in [-0.2, 0) is 28.8 Å². The second-order valence-corrected chi connectivity index (χ2v) is 12.1. The van der Waals surface area contributed by atoms with Gasteiger partial charge in [0.15, 0.2) is 0 Å². The number of hydrogen-bond donors (Lipinski definition) is 1. The van der Waals surface area contributed by atoms with Gasteiger partial charge in [-0.15, -0.1) is 0 Å². The Labute approximate surface area is 233 Å². The number of nitrogens with zero attached hydrogens (tertiary/aromatic N) is 1. The Morgan fingerprint density at radius 3 is 1.42 bits per heavy atom. The molecule has 1 N–H and O–H groups in total. The van der Waals surface area contributed by atoms with Crippen molar-refractivity contribution < 1.29 is 32.0 Å². The molecule has 0 amide bonds. The first-order chi connectivity index (χ1) is 18.3. The molecular weight excluding hydrogens is 506 g/mol. The lowest BCUT2D eigenvalue weighted by Crippen LogP contribution is -2.45. The van der Waals surface area contributed by atoms with Gasteiger partial charge in [-0.2, -0.15) is 12.7 Å². The number of esters is 1. The van der Waals surface area contributed by atoms with E-state index in [0.29, 0.717) is 17.1 Å². The van der Waals surface area contributed by atoms with Crippen molar-refractivity contribution in [1.29, 1.82) is 0 Å². The predicted molar refractivity (Wildman–Crippen MR) is 153 cm³/mol. The second kappa shape index (κ2) is 24.8. The number of carbonyl (C=O) groups excluding carboxylic acids is 1.